The number of hydrogen-bond donors (Lipinski definition) is 0. The van der Waals surface area contributed by atoms with Crippen LogP contribution < -0.4 is 0 Å². The maximum absolute atomic E-state index is 13.1. The first-order valence-corrected chi connectivity index (χ1v) is 10.4. The van der Waals surface area contributed by atoms with Gasteiger partial charge in [0.1, 0.15) is 35.5 Å². The van der Waals surface area contributed by atoms with Gasteiger partial charge < -0.3 is 9.47 Å². The fourth-order valence-corrected chi connectivity index (χ4v) is 3.33. The van der Waals surface area contributed by atoms with Gasteiger partial charge in [0.05, 0.1) is 17.8 Å². The molecule has 0 spiro atoms. The second-order valence-electron chi connectivity index (χ2n) is 7.59. The van der Waals surface area contributed by atoms with Crippen molar-refractivity contribution < 1.29 is 33.4 Å². The van der Waals surface area contributed by atoms with Crippen LogP contribution in [-0.4, -0.2) is 41.5 Å². The molecule has 0 aliphatic carbocycles. The van der Waals surface area contributed by atoms with Crippen molar-refractivity contribution in [3.05, 3.63) is 0 Å². The Hall–Kier alpha value is -2.05. The molecule has 6 unspecified atom stereocenters. The topological polar surface area (TPSA) is 104 Å². The summed E-state index contributed by atoms with van der Waals surface area (Å²) in [4.78, 5) is 61.0. The highest BCUT2D eigenvalue weighted by atomic mass is 16.5. The molecule has 6 atom stereocenters. The molecule has 0 heterocycles. The van der Waals surface area contributed by atoms with Crippen LogP contribution >= 0.6 is 0 Å². The molecule has 0 N–H and O–H groups in total. The highest BCUT2D eigenvalue weighted by molar-refractivity contribution is 5.98. The molecule has 0 fully saturated rings. The summed E-state index contributed by atoms with van der Waals surface area (Å²) in [5, 5.41) is 0. The van der Waals surface area contributed by atoms with Crippen LogP contribution in [0.15, 0.2) is 0 Å². The molecule has 0 amide bonds. The zero-order valence-electron chi connectivity index (χ0n) is 18.9. The van der Waals surface area contributed by atoms with Gasteiger partial charge in [-0.05, 0) is 13.3 Å². The van der Waals surface area contributed by atoms with Crippen molar-refractivity contribution in [1.29, 1.82) is 0 Å². The summed E-state index contributed by atoms with van der Waals surface area (Å²) >= 11 is 0. The van der Waals surface area contributed by atoms with Crippen LogP contribution in [0.3, 0.4) is 0 Å². The smallest absolute Gasteiger partial charge is 0.316 e. The summed E-state index contributed by atoms with van der Waals surface area (Å²) in [6, 6.07) is 0. The normalized spacial score (nSPS) is 17.2. The maximum Gasteiger partial charge on any atom is 0.316 e. The number of carbonyl (C=O) groups excluding carboxylic acids is 5. The number of ketones is 3. The lowest BCUT2D eigenvalue weighted by molar-refractivity contribution is -0.164. The Morgan fingerprint density at radius 2 is 1.24 bits per heavy atom. The lowest BCUT2D eigenvalue weighted by atomic mass is 9.81. The third kappa shape index (κ3) is 7.71. The molecule has 0 aliphatic rings. The van der Waals surface area contributed by atoms with E-state index in [-0.39, 0.29) is 30.2 Å². The second kappa shape index (κ2) is 12.5. The highest BCUT2D eigenvalue weighted by Gasteiger charge is 2.39. The molecule has 0 aromatic rings. The maximum atomic E-state index is 13.1. The van der Waals surface area contributed by atoms with E-state index >= 15 is 0 Å². The predicted molar refractivity (Wildman–Crippen MR) is 108 cm³/mol. The van der Waals surface area contributed by atoms with E-state index < -0.39 is 47.8 Å². The van der Waals surface area contributed by atoms with Crippen LogP contribution in [0.2, 0.25) is 0 Å². The first-order valence-electron chi connectivity index (χ1n) is 10.4. The van der Waals surface area contributed by atoms with Crippen LogP contribution in [0.4, 0.5) is 0 Å². The van der Waals surface area contributed by atoms with Gasteiger partial charge in [-0.15, -0.1) is 0 Å². The van der Waals surface area contributed by atoms with E-state index in [4.69, 9.17) is 9.47 Å². The highest BCUT2D eigenvalue weighted by Crippen LogP contribution is 2.26. The Morgan fingerprint density at radius 1 is 0.724 bits per heavy atom. The standard InChI is InChI=1S/C22H36O7/c1-9-17(24)12(4)21(29-22(27)13(5)18(25)10-2)15(7)20(26)14(6)19(11-3)28-16(8)23/h12-15,19,21H,9-11H2,1-8H3. The molecule has 0 aromatic heterocycles. The van der Waals surface area contributed by atoms with Gasteiger partial charge in [-0.2, -0.15) is 0 Å². The fourth-order valence-electron chi connectivity index (χ4n) is 3.33. The van der Waals surface area contributed by atoms with Gasteiger partial charge in [-0.25, -0.2) is 0 Å². The van der Waals surface area contributed by atoms with Gasteiger partial charge in [0, 0.05) is 19.8 Å². The van der Waals surface area contributed by atoms with Gasteiger partial charge >= 0.3 is 11.9 Å². The van der Waals surface area contributed by atoms with E-state index in [1.165, 1.54) is 13.8 Å². The molecular formula is C22H36O7. The summed E-state index contributed by atoms with van der Waals surface area (Å²) < 4.78 is 10.8. The average molecular weight is 413 g/mol. The Balaban J connectivity index is 5.67. The minimum absolute atomic E-state index is 0.142. The number of ether oxygens (including phenoxy) is 2. The minimum atomic E-state index is -0.994. The van der Waals surface area contributed by atoms with Gasteiger partial charge in [0.25, 0.3) is 0 Å². The van der Waals surface area contributed by atoms with Crippen LogP contribution in [-0.2, 0) is 33.4 Å². The van der Waals surface area contributed by atoms with Gasteiger partial charge in [0.15, 0.2) is 0 Å². The molecule has 0 saturated carbocycles. The predicted octanol–water partition coefficient (Wildman–Crippen LogP) is 3.31. The summed E-state index contributed by atoms with van der Waals surface area (Å²) in [6.07, 6.45) is -0.713. The first-order chi connectivity index (χ1) is 13.4. The summed E-state index contributed by atoms with van der Waals surface area (Å²) in [6.45, 7) is 12.8. The van der Waals surface area contributed by atoms with Gasteiger partial charge in [-0.1, -0.05) is 41.5 Å². The Kier molecular flexibility index (Phi) is 11.6. The van der Waals surface area contributed by atoms with E-state index in [1.807, 2.05) is 0 Å². The van der Waals surface area contributed by atoms with Crippen molar-refractivity contribution in [2.24, 2.45) is 23.7 Å². The fraction of sp³-hybridized carbons (Fsp3) is 0.773. The van der Waals surface area contributed by atoms with Crippen molar-refractivity contribution in [3.8, 4) is 0 Å². The van der Waals surface area contributed by atoms with E-state index in [1.54, 1.807) is 41.5 Å². The molecule has 0 saturated heterocycles. The molecule has 0 bridgehead atoms. The molecule has 7 heteroatoms. The zero-order chi connectivity index (χ0) is 22.9. The third-order valence-corrected chi connectivity index (χ3v) is 5.45. The van der Waals surface area contributed by atoms with Crippen LogP contribution in [0.5, 0.6) is 0 Å². The quantitative estimate of drug-likeness (QED) is 0.338. The van der Waals surface area contributed by atoms with Gasteiger partial charge in [-0.3, -0.25) is 24.0 Å². The number of Topliss-reactive ketones (excluding diaryl/α,β-unsaturated/α-hetero) is 3. The summed E-state index contributed by atoms with van der Waals surface area (Å²) in [5.41, 5.74) is 0. The monoisotopic (exact) mass is 412 g/mol. The number of carbonyl (C=O) groups is 5. The number of hydrogen-bond acceptors (Lipinski definition) is 7. The average Bonchev–Trinajstić information content (AvgIpc) is 2.71. The van der Waals surface area contributed by atoms with Crippen molar-refractivity contribution in [3.63, 3.8) is 0 Å². The van der Waals surface area contributed by atoms with Gasteiger partial charge in [0.2, 0.25) is 0 Å². The van der Waals surface area contributed by atoms with Crippen molar-refractivity contribution in [1.82, 2.24) is 0 Å². The minimum Gasteiger partial charge on any atom is -0.462 e. The molecule has 0 aliphatic heterocycles. The third-order valence-electron chi connectivity index (χ3n) is 5.45. The lowest BCUT2D eigenvalue weighted by Gasteiger charge is -2.31. The van der Waals surface area contributed by atoms with E-state index in [2.05, 4.69) is 0 Å². The molecule has 0 rings (SSSR count). The van der Waals surface area contributed by atoms with E-state index in [0.29, 0.717) is 6.42 Å². The van der Waals surface area contributed by atoms with Crippen molar-refractivity contribution >= 4 is 29.3 Å². The van der Waals surface area contributed by atoms with E-state index in [9.17, 15) is 24.0 Å². The largest absolute Gasteiger partial charge is 0.462 e. The number of esters is 2. The Labute approximate surface area is 173 Å². The molecule has 7 nitrogen and oxygen atoms in total. The Bertz CT molecular complexity index is 610. The molecule has 29 heavy (non-hydrogen) atoms. The summed E-state index contributed by atoms with van der Waals surface area (Å²) in [7, 11) is 0. The van der Waals surface area contributed by atoms with Crippen molar-refractivity contribution in [2.75, 3.05) is 0 Å². The van der Waals surface area contributed by atoms with Crippen LogP contribution in [0.25, 0.3) is 0 Å². The molecule has 166 valence electrons. The zero-order valence-corrected chi connectivity index (χ0v) is 18.9. The lowest BCUT2D eigenvalue weighted by Crippen LogP contribution is -2.44. The molecule has 0 aromatic carbocycles. The van der Waals surface area contributed by atoms with Crippen LogP contribution in [0, 0.1) is 23.7 Å². The molecular weight excluding hydrogens is 376 g/mol. The van der Waals surface area contributed by atoms with E-state index in [0.717, 1.165) is 0 Å². The second-order valence-corrected chi connectivity index (χ2v) is 7.59. The SMILES string of the molecule is CCC(=O)C(C)C(=O)OC(C(C)C(=O)CC)C(C)C(=O)C(C)C(CC)OC(C)=O. The summed E-state index contributed by atoms with van der Waals surface area (Å²) in [5.74, 6) is -4.98. The first kappa shape index (κ1) is 27.0. The van der Waals surface area contributed by atoms with Crippen LogP contribution in [0.1, 0.15) is 74.7 Å². The number of rotatable bonds is 13. The Morgan fingerprint density at radius 3 is 1.66 bits per heavy atom. The van der Waals surface area contributed by atoms with Crippen molar-refractivity contribution in [2.45, 2.75) is 86.9 Å². The molecule has 0 radical (unpaired) electrons.